The number of ether oxygens (including phenoxy) is 2. The average molecular weight is 301 g/mol. The molecule has 0 amide bonds. The lowest BCUT2D eigenvalue weighted by Crippen LogP contribution is -2.37. The smallest absolute Gasteiger partial charge is 0.387 e. The van der Waals surface area contributed by atoms with Crippen molar-refractivity contribution >= 4 is 0 Å². The molecule has 0 spiro atoms. The van der Waals surface area contributed by atoms with Crippen LogP contribution in [0.4, 0.5) is 8.78 Å². The van der Waals surface area contributed by atoms with E-state index in [-0.39, 0.29) is 11.5 Å². The lowest BCUT2D eigenvalue weighted by molar-refractivity contribution is -0.0519. The zero-order valence-corrected chi connectivity index (χ0v) is 12.1. The van der Waals surface area contributed by atoms with Crippen molar-refractivity contribution in [1.82, 2.24) is 5.32 Å². The summed E-state index contributed by atoms with van der Waals surface area (Å²) in [5, 5.41) is 13.4. The Morgan fingerprint density at radius 3 is 2.67 bits per heavy atom. The molecule has 0 unspecified atom stereocenters. The fourth-order valence-electron chi connectivity index (χ4n) is 2.72. The molecule has 118 valence electrons. The fourth-order valence-corrected chi connectivity index (χ4v) is 2.72. The molecule has 1 aromatic rings. The molecule has 0 aliphatic heterocycles. The highest BCUT2D eigenvalue weighted by atomic mass is 19.3. The fraction of sp³-hybridized carbons (Fsp3) is 0.600. The second kappa shape index (κ2) is 7.04. The van der Waals surface area contributed by atoms with Gasteiger partial charge in [0.15, 0.2) is 11.5 Å². The average Bonchev–Trinajstić information content (AvgIpc) is 2.87. The van der Waals surface area contributed by atoms with Crippen molar-refractivity contribution in [2.24, 2.45) is 0 Å². The molecule has 1 aromatic carbocycles. The number of methoxy groups -OCH3 is 1. The van der Waals surface area contributed by atoms with Crippen LogP contribution in [-0.2, 0) is 6.54 Å². The van der Waals surface area contributed by atoms with Crippen LogP contribution in [0.1, 0.15) is 31.2 Å². The Kier molecular flexibility index (Phi) is 5.36. The van der Waals surface area contributed by atoms with E-state index in [4.69, 9.17) is 4.74 Å². The molecule has 1 saturated carbocycles. The molecule has 2 rings (SSSR count). The topological polar surface area (TPSA) is 50.7 Å². The van der Waals surface area contributed by atoms with Crippen LogP contribution in [0.3, 0.4) is 0 Å². The molecule has 0 saturated heterocycles. The number of rotatable bonds is 7. The van der Waals surface area contributed by atoms with Crippen molar-refractivity contribution in [1.29, 1.82) is 0 Å². The minimum absolute atomic E-state index is 0.0425. The second-order valence-corrected chi connectivity index (χ2v) is 5.36. The summed E-state index contributed by atoms with van der Waals surface area (Å²) in [7, 11) is 1.41. The van der Waals surface area contributed by atoms with Crippen LogP contribution in [0.15, 0.2) is 18.2 Å². The number of para-hydroxylation sites is 1. The highest BCUT2D eigenvalue weighted by molar-refractivity contribution is 5.46. The number of benzene rings is 1. The molecule has 0 radical (unpaired) electrons. The Balaban J connectivity index is 2.01. The van der Waals surface area contributed by atoms with Gasteiger partial charge in [-0.15, -0.1) is 0 Å². The first-order valence-electron chi connectivity index (χ1n) is 7.08. The SMILES string of the molecule is COc1cccc(CNCC2(O)CCCC2)c1OC(F)F. The Morgan fingerprint density at radius 2 is 2.05 bits per heavy atom. The third-order valence-electron chi connectivity index (χ3n) is 3.79. The van der Waals surface area contributed by atoms with Gasteiger partial charge >= 0.3 is 6.61 Å². The van der Waals surface area contributed by atoms with E-state index in [1.54, 1.807) is 18.2 Å². The van der Waals surface area contributed by atoms with E-state index in [9.17, 15) is 13.9 Å². The van der Waals surface area contributed by atoms with Crippen LogP contribution in [0.5, 0.6) is 11.5 Å². The van der Waals surface area contributed by atoms with Crippen LogP contribution in [0.2, 0.25) is 0 Å². The summed E-state index contributed by atoms with van der Waals surface area (Å²) in [6, 6.07) is 5.00. The standard InChI is InChI=1S/C15H21F2NO3/c1-20-12-6-4-5-11(13(12)21-14(16)17)9-18-10-15(19)7-2-3-8-15/h4-6,14,18-19H,2-3,7-10H2,1H3. The molecule has 1 fully saturated rings. The highest BCUT2D eigenvalue weighted by Gasteiger charge is 2.30. The summed E-state index contributed by atoms with van der Waals surface area (Å²) in [5.74, 6) is 0.315. The maximum atomic E-state index is 12.5. The van der Waals surface area contributed by atoms with Crippen molar-refractivity contribution in [3.63, 3.8) is 0 Å². The van der Waals surface area contributed by atoms with E-state index in [2.05, 4.69) is 10.1 Å². The molecule has 0 aromatic heterocycles. The van der Waals surface area contributed by atoms with Crippen LogP contribution >= 0.6 is 0 Å². The Hall–Kier alpha value is -1.40. The van der Waals surface area contributed by atoms with E-state index in [1.165, 1.54) is 7.11 Å². The highest BCUT2D eigenvalue weighted by Crippen LogP contribution is 2.33. The van der Waals surface area contributed by atoms with Gasteiger partial charge in [-0.25, -0.2) is 0 Å². The number of halogens is 2. The molecular weight excluding hydrogens is 280 g/mol. The maximum Gasteiger partial charge on any atom is 0.387 e. The molecule has 0 heterocycles. The van der Waals surface area contributed by atoms with Crippen LogP contribution in [0, 0.1) is 0 Å². The maximum absolute atomic E-state index is 12.5. The molecule has 2 N–H and O–H groups in total. The molecular formula is C15H21F2NO3. The zero-order chi connectivity index (χ0) is 15.3. The summed E-state index contributed by atoms with van der Waals surface area (Å²) < 4.78 is 34.6. The number of aliphatic hydroxyl groups is 1. The first kappa shape index (κ1) is 16.0. The lowest BCUT2D eigenvalue weighted by Gasteiger charge is -2.23. The Bertz CT molecular complexity index is 462. The summed E-state index contributed by atoms with van der Waals surface area (Å²) in [5.41, 5.74) is -0.0981. The molecule has 0 atom stereocenters. The minimum atomic E-state index is -2.90. The summed E-state index contributed by atoms with van der Waals surface area (Å²) in [6.45, 7) is -2.13. The molecule has 1 aliphatic rings. The summed E-state index contributed by atoms with van der Waals surface area (Å²) >= 11 is 0. The van der Waals surface area contributed by atoms with Crippen molar-refractivity contribution in [3.8, 4) is 11.5 Å². The largest absolute Gasteiger partial charge is 0.493 e. The number of alkyl halides is 2. The van der Waals surface area contributed by atoms with Gasteiger partial charge in [0.05, 0.1) is 12.7 Å². The number of hydrogen-bond acceptors (Lipinski definition) is 4. The van der Waals surface area contributed by atoms with E-state index in [0.29, 0.717) is 18.7 Å². The summed E-state index contributed by atoms with van der Waals surface area (Å²) in [6.07, 6.45) is 3.60. The number of hydrogen-bond donors (Lipinski definition) is 2. The molecule has 4 nitrogen and oxygen atoms in total. The van der Waals surface area contributed by atoms with E-state index < -0.39 is 12.2 Å². The van der Waals surface area contributed by atoms with Crippen molar-refractivity contribution in [3.05, 3.63) is 23.8 Å². The van der Waals surface area contributed by atoms with E-state index in [1.807, 2.05) is 0 Å². The third kappa shape index (κ3) is 4.28. The molecule has 0 bridgehead atoms. The van der Waals surface area contributed by atoms with Gasteiger partial charge in [0.1, 0.15) is 0 Å². The summed E-state index contributed by atoms with van der Waals surface area (Å²) in [4.78, 5) is 0. The first-order valence-corrected chi connectivity index (χ1v) is 7.08. The van der Waals surface area contributed by atoms with Gasteiger partial charge in [-0.05, 0) is 18.9 Å². The monoisotopic (exact) mass is 301 g/mol. The van der Waals surface area contributed by atoms with E-state index >= 15 is 0 Å². The van der Waals surface area contributed by atoms with Crippen molar-refractivity contribution < 1.29 is 23.4 Å². The molecule has 6 heteroatoms. The quantitative estimate of drug-likeness (QED) is 0.813. The Morgan fingerprint density at radius 1 is 1.33 bits per heavy atom. The van der Waals surface area contributed by atoms with Crippen LogP contribution < -0.4 is 14.8 Å². The number of nitrogens with one attached hydrogen (secondary N) is 1. The van der Waals surface area contributed by atoms with E-state index in [0.717, 1.165) is 25.7 Å². The van der Waals surface area contributed by atoms with Gasteiger partial charge in [0.2, 0.25) is 0 Å². The van der Waals surface area contributed by atoms with Gasteiger partial charge in [0, 0.05) is 18.7 Å². The predicted molar refractivity (Wildman–Crippen MR) is 74.8 cm³/mol. The van der Waals surface area contributed by atoms with Crippen molar-refractivity contribution in [2.75, 3.05) is 13.7 Å². The Labute approximate surface area is 123 Å². The first-order chi connectivity index (χ1) is 10.0. The molecule has 21 heavy (non-hydrogen) atoms. The van der Waals surface area contributed by atoms with Gasteiger partial charge in [-0.3, -0.25) is 0 Å². The zero-order valence-electron chi connectivity index (χ0n) is 12.1. The van der Waals surface area contributed by atoms with Crippen LogP contribution in [-0.4, -0.2) is 31.0 Å². The van der Waals surface area contributed by atoms with Gasteiger partial charge in [-0.2, -0.15) is 8.78 Å². The molecule has 1 aliphatic carbocycles. The van der Waals surface area contributed by atoms with Crippen molar-refractivity contribution in [2.45, 2.75) is 44.4 Å². The van der Waals surface area contributed by atoms with Gasteiger partial charge in [-0.1, -0.05) is 25.0 Å². The van der Waals surface area contributed by atoms with Crippen LogP contribution in [0.25, 0.3) is 0 Å². The second-order valence-electron chi connectivity index (χ2n) is 5.36. The van der Waals surface area contributed by atoms with Gasteiger partial charge in [0.25, 0.3) is 0 Å². The normalized spacial score (nSPS) is 17.2. The lowest BCUT2D eigenvalue weighted by atomic mass is 10.0. The third-order valence-corrected chi connectivity index (χ3v) is 3.79. The van der Waals surface area contributed by atoms with Gasteiger partial charge < -0.3 is 19.9 Å². The predicted octanol–water partition coefficient (Wildman–Crippen LogP) is 2.69. The minimum Gasteiger partial charge on any atom is -0.493 e.